The van der Waals surface area contributed by atoms with Crippen LogP contribution in [-0.4, -0.2) is 50.7 Å². The fourth-order valence-electron chi connectivity index (χ4n) is 2.19. The van der Waals surface area contributed by atoms with Crippen LogP contribution in [0.25, 0.3) is 10.6 Å². The summed E-state index contributed by atoms with van der Waals surface area (Å²) >= 11 is 1.41. The molecular weight excluding hydrogens is 370 g/mol. The van der Waals surface area contributed by atoms with Crippen molar-refractivity contribution in [3.05, 3.63) is 30.2 Å². The number of aryl methyl sites for hydroxylation is 1. The topological polar surface area (TPSA) is 72.4 Å². The molecule has 0 radical (unpaired) electrons. The van der Waals surface area contributed by atoms with E-state index in [0.29, 0.717) is 17.3 Å². The van der Waals surface area contributed by atoms with Crippen LogP contribution in [0.15, 0.2) is 24.5 Å². The SMILES string of the molecule is Cc1nc(-c2cccnc2)sc1N(CC[SH](C)(C)=O)C(=O)OC(C)(C)C. The highest BCUT2D eigenvalue weighted by Gasteiger charge is 2.27. The summed E-state index contributed by atoms with van der Waals surface area (Å²) in [5.74, 6) is 0.422. The quantitative estimate of drug-likeness (QED) is 0.782. The molecule has 0 saturated heterocycles. The second-order valence-electron chi connectivity index (χ2n) is 7.58. The maximum Gasteiger partial charge on any atom is 0.415 e. The van der Waals surface area contributed by atoms with Gasteiger partial charge >= 0.3 is 6.09 Å². The van der Waals surface area contributed by atoms with Crippen molar-refractivity contribution >= 4 is 32.4 Å². The van der Waals surface area contributed by atoms with Crippen LogP contribution in [0.5, 0.6) is 0 Å². The molecule has 0 unspecified atom stereocenters. The molecule has 0 atom stereocenters. The Morgan fingerprint density at radius 2 is 2.04 bits per heavy atom. The van der Waals surface area contributed by atoms with Crippen molar-refractivity contribution in [1.82, 2.24) is 9.97 Å². The van der Waals surface area contributed by atoms with Gasteiger partial charge < -0.3 is 4.74 Å². The van der Waals surface area contributed by atoms with E-state index in [9.17, 15) is 9.00 Å². The van der Waals surface area contributed by atoms with Crippen LogP contribution < -0.4 is 4.90 Å². The van der Waals surface area contributed by atoms with Crippen molar-refractivity contribution in [1.29, 1.82) is 0 Å². The average Bonchev–Trinajstić information content (AvgIpc) is 2.87. The second kappa shape index (κ2) is 7.84. The lowest BCUT2D eigenvalue weighted by atomic mass is 10.2. The number of thiazole rings is 1. The van der Waals surface area contributed by atoms with Gasteiger partial charge in [0, 0.05) is 30.3 Å². The molecule has 1 amide bonds. The second-order valence-corrected chi connectivity index (χ2v) is 12.2. The monoisotopic (exact) mass is 397 g/mol. The summed E-state index contributed by atoms with van der Waals surface area (Å²) in [6.07, 6.45) is 6.45. The summed E-state index contributed by atoms with van der Waals surface area (Å²) in [7, 11) is -2.27. The van der Waals surface area contributed by atoms with Gasteiger partial charge in [-0.05, 0) is 52.3 Å². The highest BCUT2D eigenvalue weighted by atomic mass is 32.2. The third-order valence-corrected chi connectivity index (χ3v) is 5.91. The molecule has 2 aromatic rings. The van der Waals surface area contributed by atoms with Crippen molar-refractivity contribution in [2.24, 2.45) is 0 Å². The number of hydrogen-bond donors (Lipinski definition) is 1. The van der Waals surface area contributed by atoms with Gasteiger partial charge in [0.05, 0.1) is 5.69 Å². The summed E-state index contributed by atoms with van der Waals surface area (Å²) in [6, 6.07) is 3.78. The number of thiol groups is 1. The Labute approximate surface area is 160 Å². The molecule has 2 rings (SSSR count). The van der Waals surface area contributed by atoms with Gasteiger partial charge in [0.25, 0.3) is 0 Å². The van der Waals surface area contributed by atoms with Crippen molar-refractivity contribution in [2.45, 2.75) is 33.3 Å². The molecule has 6 nitrogen and oxygen atoms in total. The first-order chi connectivity index (χ1) is 12.0. The zero-order valence-corrected chi connectivity index (χ0v) is 17.9. The molecule has 2 aromatic heterocycles. The van der Waals surface area contributed by atoms with Gasteiger partial charge in [0.2, 0.25) is 0 Å². The molecule has 0 aliphatic carbocycles. The summed E-state index contributed by atoms with van der Waals surface area (Å²) in [5, 5.41) is 1.50. The van der Waals surface area contributed by atoms with Crippen LogP contribution in [0.3, 0.4) is 0 Å². The summed E-state index contributed by atoms with van der Waals surface area (Å²) in [6.45, 7) is 7.67. The fourth-order valence-corrected chi connectivity index (χ4v) is 3.94. The molecule has 26 heavy (non-hydrogen) atoms. The maximum atomic E-state index is 12.8. The Kier molecular flexibility index (Phi) is 6.18. The Morgan fingerprint density at radius 1 is 1.35 bits per heavy atom. The van der Waals surface area contributed by atoms with Crippen LogP contribution in [0.4, 0.5) is 9.80 Å². The third-order valence-electron chi connectivity index (χ3n) is 3.40. The van der Waals surface area contributed by atoms with E-state index in [0.717, 1.165) is 16.3 Å². The Balaban J connectivity index is 2.36. The van der Waals surface area contributed by atoms with Gasteiger partial charge in [-0.3, -0.25) is 14.1 Å². The number of amides is 1. The normalized spacial score (nSPS) is 12.7. The molecule has 0 aromatic carbocycles. The molecule has 2 heterocycles. The van der Waals surface area contributed by atoms with E-state index >= 15 is 0 Å². The first-order valence-electron chi connectivity index (χ1n) is 8.38. The van der Waals surface area contributed by atoms with Crippen LogP contribution >= 0.6 is 11.3 Å². The largest absolute Gasteiger partial charge is 0.443 e. The Hall–Kier alpha value is -1.80. The zero-order valence-electron chi connectivity index (χ0n) is 16.1. The number of nitrogens with zero attached hydrogens (tertiary/aromatic N) is 3. The van der Waals surface area contributed by atoms with Crippen molar-refractivity contribution in [3.63, 3.8) is 0 Å². The number of ether oxygens (including phenoxy) is 1. The fraction of sp³-hybridized carbons (Fsp3) is 0.500. The van der Waals surface area contributed by atoms with Crippen LogP contribution in [0.1, 0.15) is 26.5 Å². The zero-order chi connectivity index (χ0) is 19.5. The van der Waals surface area contributed by atoms with Crippen molar-refractivity contribution in [2.75, 3.05) is 29.7 Å². The van der Waals surface area contributed by atoms with Crippen LogP contribution in [-0.2, 0) is 14.7 Å². The standard InChI is InChI=1S/C18H27N3O3S2/c1-13-16(25-15(20-13)14-8-7-9-19-12-14)21(10-11-26(5,6)23)17(22)24-18(2,3)4/h7-9,12,26H,10-11H2,1-6H3. The molecule has 0 bridgehead atoms. The molecule has 0 spiro atoms. The molecular formula is C18H27N3O3S2. The molecule has 144 valence electrons. The van der Waals surface area contributed by atoms with E-state index in [-0.39, 0.29) is 0 Å². The van der Waals surface area contributed by atoms with E-state index in [1.54, 1.807) is 29.8 Å². The minimum atomic E-state index is -2.27. The Morgan fingerprint density at radius 3 is 2.58 bits per heavy atom. The first kappa shape index (κ1) is 20.5. The van der Waals surface area contributed by atoms with Gasteiger partial charge in [0.15, 0.2) is 0 Å². The van der Waals surface area contributed by atoms with Crippen molar-refractivity contribution in [3.8, 4) is 10.6 Å². The number of pyridine rings is 1. The maximum absolute atomic E-state index is 12.8. The van der Waals surface area contributed by atoms with Gasteiger partial charge in [-0.15, -0.1) is 9.93 Å². The number of hydrogen-bond acceptors (Lipinski definition) is 6. The lowest BCUT2D eigenvalue weighted by molar-refractivity contribution is 0.0583. The predicted octanol–water partition coefficient (Wildman–Crippen LogP) is 3.53. The van der Waals surface area contributed by atoms with Crippen LogP contribution in [0, 0.1) is 6.92 Å². The first-order valence-corrected chi connectivity index (χ1v) is 12.0. The van der Waals surface area contributed by atoms with E-state index in [2.05, 4.69) is 9.97 Å². The van der Waals surface area contributed by atoms with E-state index in [4.69, 9.17) is 4.74 Å². The smallest absolute Gasteiger partial charge is 0.415 e. The number of anilines is 1. The number of aromatic nitrogens is 2. The highest BCUT2D eigenvalue weighted by molar-refractivity contribution is 8.01. The predicted molar refractivity (Wildman–Crippen MR) is 110 cm³/mol. The van der Waals surface area contributed by atoms with Gasteiger partial charge in [-0.1, -0.05) is 11.3 Å². The number of carbonyl (C=O) groups is 1. The van der Waals surface area contributed by atoms with E-state index < -0.39 is 21.6 Å². The molecule has 8 heteroatoms. The minimum Gasteiger partial charge on any atom is -0.443 e. The number of rotatable bonds is 5. The lowest BCUT2D eigenvalue weighted by Gasteiger charge is -2.27. The third kappa shape index (κ3) is 5.88. The van der Waals surface area contributed by atoms with Gasteiger partial charge in [-0.2, -0.15) is 0 Å². The average molecular weight is 398 g/mol. The summed E-state index contributed by atoms with van der Waals surface area (Å²) < 4.78 is 17.7. The summed E-state index contributed by atoms with van der Waals surface area (Å²) in [5.41, 5.74) is 1.02. The molecule has 0 saturated carbocycles. The van der Waals surface area contributed by atoms with Gasteiger partial charge in [-0.25, -0.2) is 9.78 Å². The van der Waals surface area contributed by atoms with E-state index in [1.807, 2.05) is 39.8 Å². The summed E-state index contributed by atoms with van der Waals surface area (Å²) in [4.78, 5) is 23.0. The van der Waals surface area contributed by atoms with E-state index in [1.165, 1.54) is 11.3 Å². The van der Waals surface area contributed by atoms with Crippen LogP contribution in [0.2, 0.25) is 0 Å². The minimum absolute atomic E-state index is 0.328. The molecule has 0 fully saturated rings. The Bertz CT molecular complexity index is 807. The lowest BCUT2D eigenvalue weighted by Crippen LogP contribution is -2.40. The molecule has 0 N–H and O–H groups in total. The van der Waals surface area contributed by atoms with Crippen molar-refractivity contribution < 1.29 is 13.7 Å². The molecule has 0 aliphatic rings. The number of carbonyl (C=O) groups excluding carboxylic acids is 1. The molecule has 0 aliphatic heterocycles. The highest BCUT2D eigenvalue weighted by Crippen LogP contribution is 2.35. The van der Waals surface area contributed by atoms with Gasteiger partial charge in [0.1, 0.15) is 15.6 Å².